The molecule has 1 aromatic carbocycles. The number of anilines is 1. The number of benzene rings is 1. The van der Waals surface area contributed by atoms with E-state index in [1.807, 2.05) is 6.07 Å². The molecule has 23 heavy (non-hydrogen) atoms. The van der Waals surface area contributed by atoms with Crippen molar-refractivity contribution in [2.45, 2.75) is 19.1 Å². The molecule has 0 spiro atoms. The third-order valence-corrected chi connectivity index (χ3v) is 3.96. The van der Waals surface area contributed by atoms with Crippen molar-refractivity contribution in [1.82, 2.24) is 14.7 Å². The van der Waals surface area contributed by atoms with E-state index >= 15 is 0 Å². The number of ether oxygens (including phenoxy) is 1. The predicted molar refractivity (Wildman–Crippen MR) is 83.8 cm³/mol. The van der Waals surface area contributed by atoms with Crippen LogP contribution in [0.4, 0.5) is 5.69 Å². The summed E-state index contributed by atoms with van der Waals surface area (Å²) in [6.07, 6.45) is 1.66. The Bertz CT molecular complexity index is 770. The zero-order valence-corrected chi connectivity index (χ0v) is 13.2. The molecule has 1 aromatic heterocycles. The molecule has 1 aliphatic heterocycles. The Morgan fingerprint density at radius 2 is 2.13 bits per heavy atom. The van der Waals surface area contributed by atoms with Gasteiger partial charge in [0.15, 0.2) is 0 Å². The van der Waals surface area contributed by atoms with Gasteiger partial charge >= 0.3 is 0 Å². The molecule has 2 aromatic rings. The molecular weight excluding hydrogens is 296 g/mol. The molecule has 0 fully saturated rings. The molecule has 0 saturated carbocycles. The van der Waals surface area contributed by atoms with Crippen molar-refractivity contribution in [3.05, 3.63) is 42.2 Å². The predicted octanol–water partition coefficient (Wildman–Crippen LogP) is 1.17. The molecule has 1 aliphatic rings. The lowest BCUT2D eigenvalue weighted by atomic mass is 10.0. The van der Waals surface area contributed by atoms with Crippen molar-refractivity contribution >= 4 is 17.5 Å². The Labute approximate surface area is 133 Å². The number of aromatic nitrogens is 2. The lowest BCUT2D eigenvalue weighted by Gasteiger charge is -2.35. The van der Waals surface area contributed by atoms with Crippen LogP contribution in [0.15, 0.2) is 36.5 Å². The van der Waals surface area contributed by atoms with Gasteiger partial charge in [-0.1, -0.05) is 12.1 Å². The van der Waals surface area contributed by atoms with Gasteiger partial charge in [-0.05, 0) is 25.1 Å². The van der Waals surface area contributed by atoms with Crippen LogP contribution in [-0.2, 0) is 23.2 Å². The summed E-state index contributed by atoms with van der Waals surface area (Å²) in [5, 5.41) is 6.80. The molecule has 1 unspecified atom stereocenters. The number of fused-ring (bicyclic) bond motifs is 1. The van der Waals surface area contributed by atoms with Crippen molar-refractivity contribution < 1.29 is 14.3 Å². The Kier molecular flexibility index (Phi) is 3.55. The Balaban J connectivity index is 1.83. The molecule has 1 atom stereocenters. The van der Waals surface area contributed by atoms with Crippen LogP contribution in [0.25, 0.3) is 0 Å². The number of nitrogens with zero attached hydrogens (tertiary/aromatic N) is 3. The molecule has 0 aliphatic carbocycles. The average molecular weight is 314 g/mol. The van der Waals surface area contributed by atoms with Crippen LogP contribution in [0.3, 0.4) is 0 Å². The molecule has 3 rings (SSSR count). The summed E-state index contributed by atoms with van der Waals surface area (Å²) in [4.78, 5) is 26.6. The van der Waals surface area contributed by atoms with Crippen molar-refractivity contribution in [1.29, 1.82) is 0 Å². The fraction of sp³-hybridized carbons (Fsp3) is 0.312. The second-order valence-electron chi connectivity index (χ2n) is 5.69. The lowest BCUT2D eigenvalue weighted by molar-refractivity contribution is -0.154. The van der Waals surface area contributed by atoms with E-state index in [4.69, 9.17) is 4.74 Å². The Hall–Kier alpha value is -2.83. The molecule has 2 heterocycles. The van der Waals surface area contributed by atoms with Crippen LogP contribution in [0, 0.1) is 0 Å². The highest BCUT2D eigenvalue weighted by molar-refractivity contribution is 6.15. The molecular formula is C16H18N4O3. The molecule has 0 saturated heterocycles. The summed E-state index contributed by atoms with van der Waals surface area (Å²) in [5.41, 5.74) is -0.167. The zero-order chi connectivity index (χ0) is 16.6. The number of rotatable bonds is 3. The van der Waals surface area contributed by atoms with Crippen LogP contribution >= 0.6 is 0 Å². The maximum absolute atomic E-state index is 12.8. The van der Waals surface area contributed by atoms with Gasteiger partial charge in [0.2, 0.25) is 0 Å². The Morgan fingerprint density at radius 3 is 2.83 bits per heavy atom. The van der Waals surface area contributed by atoms with Gasteiger partial charge in [0.1, 0.15) is 5.75 Å². The minimum absolute atomic E-state index is 0.337. The van der Waals surface area contributed by atoms with E-state index < -0.39 is 17.4 Å². The smallest absolute Gasteiger partial charge is 0.278 e. The van der Waals surface area contributed by atoms with Crippen molar-refractivity contribution in [2.75, 3.05) is 12.4 Å². The van der Waals surface area contributed by atoms with Gasteiger partial charge in [0.25, 0.3) is 17.4 Å². The van der Waals surface area contributed by atoms with Crippen LogP contribution < -0.4 is 10.1 Å². The number of hydrogen-bond donors (Lipinski definition) is 1. The second kappa shape index (κ2) is 5.42. The first kappa shape index (κ1) is 15.1. The third-order valence-electron chi connectivity index (χ3n) is 3.96. The minimum Gasteiger partial charge on any atom is -0.466 e. The van der Waals surface area contributed by atoms with Crippen molar-refractivity contribution in [3.63, 3.8) is 0 Å². The largest absolute Gasteiger partial charge is 0.466 e. The lowest BCUT2D eigenvalue weighted by Crippen LogP contribution is -2.58. The van der Waals surface area contributed by atoms with E-state index in [2.05, 4.69) is 10.4 Å². The topological polar surface area (TPSA) is 76.5 Å². The fourth-order valence-corrected chi connectivity index (χ4v) is 2.54. The molecule has 0 bridgehead atoms. The number of carbonyl (C=O) groups excluding carboxylic acids is 2. The first-order valence-corrected chi connectivity index (χ1v) is 7.24. The number of aryl methyl sites for hydroxylation is 1. The fourth-order valence-electron chi connectivity index (χ4n) is 2.54. The summed E-state index contributed by atoms with van der Waals surface area (Å²) < 4.78 is 7.42. The first-order chi connectivity index (χ1) is 10.9. The van der Waals surface area contributed by atoms with Gasteiger partial charge in [0, 0.05) is 20.3 Å². The van der Waals surface area contributed by atoms with Crippen molar-refractivity contribution in [2.24, 2.45) is 7.05 Å². The van der Waals surface area contributed by atoms with E-state index in [1.54, 1.807) is 49.2 Å². The molecule has 120 valence electrons. The van der Waals surface area contributed by atoms with Crippen LogP contribution in [0.1, 0.15) is 12.6 Å². The van der Waals surface area contributed by atoms with Crippen LogP contribution in [0.5, 0.6) is 5.75 Å². The number of carbonyl (C=O) groups is 2. The van der Waals surface area contributed by atoms with Gasteiger partial charge in [-0.3, -0.25) is 14.3 Å². The van der Waals surface area contributed by atoms with E-state index in [0.717, 1.165) is 5.69 Å². The summed E-state index contributed by atoms with van der Waals surface area (Å²) in [6, 6.07) is 8.86. The molecule has 1 N–H and O–H groups in total. The van der Waals surface area contributed by atoms with Gasteiger partial charge in [-0.15, -0.1) is 0 Å². The molecule has 7 heteroatoms. The molecule has 7 nitrogen and oxygen atoms in total. The highest BCUT2D eigenvalue weighted by Crippen LogP contribution is 2.34. The average Bonchev–Trinajstić information content (AvgIpc) is 2.92. The summed E-state index contributed by atoms with van der Waals surface area (Å²) in [6.45, 7) is 1.82. The zero-order valence-electron chi connectivity index (χ0n) is 13.2. The number of likely N-dealkylation sites (N-methyl/N-ethyl adjacent to an activating group) is 1. The third kappa shape index (κ3) is 2.54. The van der Waals surface area contributed by atoms with E-state index in [1.165, 1.54) is 11.8 Å². The van der Waals surface area contributed by atoms with Gasteiger partial charge in [-0.2, -0.15) is 5.10 Å². The van der Waals surface area contributed by atoms with Crippen LogP contribution in [-0.4, -0.2) is 39.1 Å². The van der Waals surface area contributed by atoms with Gasteiger partial charge in [-0.25, -0.2) is 0 Å². The van der Waals surface area contributed by atoms with Crippen LogP contribution in [0.2, 0.25) is 0 Å². The summed E-state index contributed by atoms with van der Waals surface area (Å²) >= 11 is 0. The summed E-state index contributed by atoms with van der Waals surface area (Å²) in [7, 11) is 3.44. The standard InChI is InChI=1S/C16H18N4O3/c1-16(14(21)18-12-6-4-5-7-13(12)23-16)15(22)19(2)10-11-8-9-17-20(11)3/h4-9H,10H2,1-3H3,(H,18,21). The number of para-hydroxylation sites is 2. The second-order valence-corrected chi connectivity index (χ2v) is 5.69. The van der Waals surface area contributed by atoms with Crippen molar-refractivity contribution in [3.8, 4) is 5.75 Å². The number of amides is 2. The number of nitrogens with one attached hydrogen (secondary N) is 1. The molecule has 2 amide bonds. The van der Waals surface area contributed by atoms with Gasteiger partial charge in [0.05, 0.1) is 17.9 Å². The Morgan fingerprint density at radius 1 is 1.39 bits per heavy atom. The maximum atomic E-state index is 12.8. The van der Waals surface area contributed by atoms with E-state index in [-0.39, 0.29) is 0 Å². The maximum Gasteiger partial charge on any atom is 0.278 e. The van der Waals surface area contributed by atoms with E-state index in [9.17, 15) is 9.59 Å². The minimum atomic E-state index is -1.60. The molecule has 0 radical (unpaired) electrons. The quantitative estimate of drug-likeness (QED) is 0.863. The number of hydrogen-bond acceptors (Lipinski definition) is 4. The SMILES string of the molecule is CN(Cc1ccnn1C)C(=O)C1(C)Oc2ccccc2NC1=O. The highest BCUT2D eigenvalue weighted by Gasteiger charge is 2.48. The first-order valence-electron chi connectivity index (χ1n) is 7.24. The highest BCUT2D eigenvalue weighted by atomic mass is 16.5. The normalized spacial score (nSPS) is 19.5. The monoisotopic (exact) mass is 314 g/mol. The van der Waals surface area contributed by atoms with Gasteiger partial charge < -0.3 is 15.0 Å². The summed E-state index contributed by atoms with van der Waals surface area (Å²) in [5.74, 6) is -0.402. The van der Waals surface area contributed by atoms with E-state index in [0.29, 0.717) is 18.0 Å².